The highest BCUT2D eigenvalue weighted by Crippen LogP contribution is 2.54. The van der Waals surface area contributed by atoms with Gasteiger partial charge >= 0.3 is 4.87 Å². The molecular weight excluding hydrogens is 546 g/mol. The summed E-state index contributed by atoms with van der Waals surface area (Å²) in [6.07, 6.45) is 0. The third-order valence-corrected chi connectivity index (χ3v) is 10.5. The van der Waals surface area contributed by atoms with Crippen LogP contribution in [0.25, 0.3) is 0 Å². The summed E-state index contributed by atoms with van der Waals surface area (Å²) in [6.45, 7) is 8.23. The molecule has 3 amide bonds. The second kappa shape index (κ2) is 10.3. The van der Waals surface area contributed by atoms with Crippen molar-refractivity contribution in [3.63, 3.8) is 0 Å². The number of nitrogens with zero attached hydrogens (tertiary/aromatic N) is 3. The zero-order chi connectivity index (χ0) is 28.2. The molecule has 2 aromatic carbocycles. The number of fused-ring (bicyclic) bond motifs is 2. The van der Waals surface area contributed by atoms with Crippen LogP contribution in [0.3, 0.4) is 0 Å². The Morgan fingerprint density at radius 1 is 0.950 bits per heavy atom. The number of morpholine rings is 1. The number of benzene rings is 2. The number of thioether (sulfide) groups is 1. The van der Waals surface area contributed by atoms with Crippen LogP contribution in [0, 0.1) is 5.92 Å². The SMILES string of the molecule is CC(C)(C)c1ccc([C@@H]2c3sc(=O)n(CC(=O)N4CCOCC4)c3S[C@H]3C(=O)N(c4ccccc4)C(=O)[C@@H]23)cc1. The maximum absolute atomic E-state index is 14.0. The highest BCUT2D eigenvalue weighted by atomic mass is 32.2. The second-order valence-electron chi connectivity index (χ2n) is 11.4. The summed E-state index contributed by atoms with van der Waals surface area (Å²) in [5.41, 5.74) is 2.53. The fourth-order valence-electron chi connectivity index (χ4n) is 5.68. The Hall–Kier alpha value is -3.21. The molecule has 3 atom stereocenters. The third kappa shape index (κ3) is 4.61. The topological polar surface area (TPSA) is 88.9 Å². The van der Waals surface area contributed by atoms with Crippen LogP contribution in [0.1, 0.15) is 42.7 Å². The van der Waals surface area contributed by atoms with Crippen LogP contribution in [-0.4, -0.2) is 58.7 Å². The Bertz CT molecular complexity index is 1520. The molecule has 3 aromatic rings. The van der Waals surface area contributed by atoms with Crippen LogP contribution in [-0.2, 0) is 31.1 Å². The summed E-state index contributed by atoms with van der Waals surface area (Å²) in [5, 5.41) is -0.0925. The molecule has 40 heavy (non-hydrogen) atoms. The smallest absolute Gasteiger partial charge is 0.308 e. The van der Waals surface area contributed by atoms with Gasteiger partial charge in [0.15, 0.2) is 0 Å². The number of carbonyl (C=O) groups is 3. The van der Waals surface area contributed by atoms with Crippen molar-refractivity contribution in [2.75, 3.05) is 31.2 Å². The van der Waals surface area contributed by atoms with Gasteiger partial charge in [-0.05, 0) is 28.7 Å². The molecule has 208 valence electrons. The zero-order valence-corrected chi connectivity index (χ0v) is 24.3. The van der Waals surface area contributed by atoms with Gasteiger partial charge in [-0.25, -0.2) is 4.90 Å². The number of imide groups is 1. The minimum atomic E-state index is -0.703. The number of aromatic nitrogens is 1. The van der Waals surface area contributed by atoms with Crippen molar-refractivity contribution in [3.8, 4) is 0 Å². The fraction of sp³-hybridized carbons (Fsp3) is 0.400. The highest BCUT2D eigenvalue weighted by Gasteiger charge is 2.56. The number of hydrogen-bond donors (Lipinski definition) is 0. The van der Waals surface area contributed by atoms with Gasteiger partial charge in [0.1, 0.15) is 11.8 Å². The summed E-state index contributed by atoms with van der Waals surface area (Å²) in [5.74, 6) is -1.84. The van der Waals surface area contributed by atoms with Crippen LogP contribution >= 0.6 is 23.1 Å². The predicted octanol–water partition coefficient (Wildman–Crippen LogP) is 3.86. The molecule has 0 radical (unpaired) electrons. The van der Waals surface area contributed by atoms with Crippen molar-refractivity contribution in [2.24, 2.45) is 5.92 Å². The molecule has 4 heterocycles. The van der Waals surface area contributed by atoms with E-state index in [0.29, 0.717) is 37.0 Å². The molecule has 3 aliphatic heterocycles. The molecule has 1 aromatic heterocycles. The number of hydrogen-bond acceptors (Lipinski definition) is 7. The summed E-state index contributed by atoms with van der Waals surface area (Å²) < 4.78 is 6.87. The third-order valence-electron chi connectivity index (χ3n) is 7.86. The summed E-state index contributed by atoms with van der Waals surface area (Å²) >= 11 is 2.32. The summed E-state index contributed by atoms with van der Waals surface area (Å²) in [4.78, 5) is 57.8. The zero-order valence-electron chi connectivity index (χ0n) is 22.7. The van der Waals surface area contributed by atoms with Crippen molar-refractivity contribution in [1.82, 2.24) is 9.47 Å². The van der Waals surface area contributed by atoms with Crippen molar-refractivity contribution < 1.29 is 19.1 Å². The summed E-state index contributed by atoms with van der Waals surface area (Å²) in [7, 11) is 0. The number of rotatable bonds is 4. The van der Waals surface area contributed by atoms with E-state index in [2.05, 4.69) is 32.9 Å². The lowest BCUT2D eigenvalue weighted by Gasteiger charge is -2.31. The normalized spacial score (nSPS) is 22.8. The molecule has 6 rings (SSSR count). The number of ether oxygens (including phenoxy) is 1. The standard InChI is InChI=1S/C30H31N3O5S2/c1-30(2,3)19-11-9-18(10-12-19)22-23-24(27(36)33(26(23)35)20-7-5-4-6-8-20)39-28-25(22)40-29(37)32(28)17-21(34)31-13-15-38-16-14-31/h4-12,22-24H,13-17H2,1-3H3/t22-,23-,24+/m0/s1. The maximum atomic E-state index is 14.0. The van der Waals surface area contributed by atoms with Gasteiger partial charge in [0, 0.05) is 23.9 Å². The lowest BCUT2D eigenvalue weighted by molar-refractivity contribution is -0.136. The first-order chi connectivity index (χ1) is 19.1. The van der Waals surface area contributed by atoms with Gasteiger partial charge in [0.2, 0.25) is 17.7 Å². The number of anilines is 1. The minimum absolute atomic E-state index is 0.0497. The molecule has 2 saturated heterocycles. The fourth-order valence-corrected chi connectivity index (χ4v) is 8.46. The molecule has 10 heteroatoms. The monoisotopic (exact) mass is 577 g/mol. The Morgan fingerprint density at radius 2 is 1.62 bits per heavy atom. The molecule has 0 bridgehead atoms. The molecule has 3 aliphatic rings. The Labute approximate surface area is 240 Å². The predicted molar refractivity (Wildman–Crippen MR) is 155 cm³/mol. The van der Waals surface area contributed by atoms with Gasteiger partial charge in [-0.1, -0.05) is 86.3 Å². The van der Waals surface area contributed by atoms with Gasteiger partial charge in [0.05, 0.1) is 29.8 Å². The van der Waals surface area contributed by atoms with Crippen molar-refractivity contribution in [1.29, 1.82) is 0 Å². The van der Waals surface area contributed by atoms with Crippen LogP contribution in [0.4, 0.5) is 5.69 Å². The number of carbonyl (C=O) groups excluding carboxylic acids is 3. The van der Waals surface area contributed by atoms with E-state index in [-0.39, 0.29) is 34.6 Å². The minimum Gasteiger partial charge on any atom is -0.378 e. The van der Waals surface area contributed by atoms with E-state index in [0.717, 1.165) is 27.3 Å². The Kier molecular flexibility index (Phi) is 6.96. The van der Waals surface area contributed by atoms with Gasteiger partial charge in [0.25, 0.3) is 0 Å². The van der Waals surface area contributed by atoms with E-state index in [9.17, 15) is 19.2 Å². The van der Waals surface area contributed by atoms with E-state index >= 15 is 0 Å². The molecule has 8 nitrogen and oxygen atoms in total. The van der Waals surface area contributed by atoms with Crippen LogP contribution in [0.5, 0.6) is 0 Å². The molecule has 0 unspecified atom stereocenters. The van der Waals surface area contributed by atoms with Gasteiger partial charge in [-0.2, -0.15) is 0 Å². The van der Waals surface area contributed by atoms with Crippen molar-refractivity contribution in [2.45, 2.75) is 48.9 Å². The lowest BCUT2D eigenvalue weighted by atomic mass is 9.81. The molecule has 0 spiro atoms. The first-order valence-corrected chi connectivity index (χ1v) is 15.1. The first-order valence-electron chi connectivity index (χ1n) is 13.4. The molecule has 2 fully saturated rings. The van der Waals surface area contributed by atoms with E-state index in [1.807, 2.05) is 18.2 Å². The van der Waals surface area contributed by atoms with Crippen LogP contribution in [0.2, 0.25) is 0 Å². The van der Waals surface area contributed by atoms with Crippen LogP contribution < -0.4 is 9.77 Å². The second-order valence-corrected chi connectivity index (χ2v) is 13.5. The van der Waals surface area contributed by atoms with Crippen molar-refractivity contribution in [3.05, 3.63) is 80.3 Å². The summed E-state index contributed by atoms with van der Waals surface area (Å²) in [6, 6.07) is 17.1. The first kappa shape index (κ1) is 27.0. The molecule has 0 aliphatic carbocycles. The molecule has 0 N–H and O–H groups in total. The van der Waals surface area contributed by atoms with Gasteiger partial charge in [-0.3, -0.25) is 23.7 Å². The van der Waals surface area contributed by atoms with E-state index in [1.54, 1.807) is 29.2 Å². The van der Waals surface area contributed by atoms with E-state index < -0.39 is 17.1 Å². The van der Waals surface area contributed by atoms with E-state index in [4.69, 9.17) is 4.74 Å². The lowest BCUT2D eigenvalue weighted by Crippen LogP contribution is -2.43. The largest absolute Gasteiger partial charge is 0.378 e. The Balaban J connectivity index is 1.44. The number of para-hydroxylation sites is 1. The van der Waals surface area contributed by atoms with E-state index in [1.165, 1.54) is 21.2 Å². The average molecular weight is 578 g/mol. The Morgan fingerprint density at radius 3 is 2.27 bits per heavy atom. The number of amides is 3. The van der Waals surface area contributed by atoms with Gasteiger partial charge in [-0.15, -0.1) is 0 Å². The van der Waals surface area contributed by atoms with Gasteiger partial charge < -0.3 is 9.64 Å². The number of thiazole rings is 1. The quantitative estimate of drug-likeness (QED) is 0.438. The molecular formula is C30H31N3O5S2. The average Bonchev–Trinajstić information content (AvgIpc) is 3.39. The highest BCUT2D eigenvalue weighted by molar-refractivity contribution is 8.00. The molecule has 0 saturated carbocycles. The maximum Gasteiger partial charge on any atom is 0.308 e. The van der Waals surface area contributed by atoms with Crippen LogP contribution in [0.15, 0.2) is 64.4 Å². The van der Waals surface area contributed by atoms with Crippen molar-refractivity contribution >= 4 is 46.5 Å².